The summed E-state index contributed by atoms with van der Waals surface area (Å²) in [5, 5.41) is 0. The average Bonchev–Trinajstić information content (AvgIpc) is 3.05. The molecule has 1 aliphatic heterocycles. The topological polar surface area (TPSA) is 39.4 Å². The van der Waals surface area contributed by atoms with Gasteiger partial charge in [0.1, 0.15) is 5.76 Å². The molecule has 1 aromatic rings. The maximum atomic E-state index is 15.0. The predicted molar refractivity (Wildman–Crippen MR) is 85.8 cm³/mol. The zero-order chi connectivity index (χ0) is 16.9. The van der Waals surface area contributed by atoms with E-state index in [1.54, 1.807) is 6.26 Å². The summed E-state index contributed by atoms with van der Waals surface area (Å²) >= 11 is 0. The van der Waals surface area contributed by atoms with E-state index in [-0.39, 0.29) is 34.5 Å². The van der Waals surface area contributed by atoms with Crippen molar-refractivity contribution in [2.45, 2.75) is 58.7 Å². The van der Waals surface area contributed by atoms with Crippen LogP contribution in [0.3, 0.4) is 0 Å². The Morgan fingerprint density at radius 2 is 2.00 bits per heavy atom. The second kappa shape index (κ2) is 4.44. The van der Waals surface area contributed by atoms with Crippen LogP contribution in [0, 0.1) is 34.5 Å². The first kappa shape index (κ1) is 15.0. The molecule has 2 heterocycles. The minimum absolute atomic E-state index is 0.0537. The summed E-state index contributed by atoms with van der Waals surface area (Å²) in [7, 11) is 0. The smallest absolute Gasteiger partial charge is 0.316 e. The molecule has 0 radical (unpaired) electrons. The minimum Gasteiger partial charge on any atom is -0.469 e. The van der Waals surface area contributed by atoms with Crippen LogP contribution in [0.2, 0.25) is 0 Å². The molecule has 3 aliphatic carbocycles. The fourth-order valence-corrected chi connectivity index (χ4v) is 7.33. The van der Waals surface area contributed by atoms with Gasteiger partial charge in [0.05, 0.1) is 12.2 Å². The van der Waals surface area contributed by atoms with Crippen LogP contribution in [0.25, 0.3) is 0 Å². The first-order chi connectivity index (χ1) is 11.3. The Morgan fingerprint density at radius 3 is 2.79 bits per heavy atom. The highest BCUT2D eigenvalue weighted by Crippen LogP contribution is 2.71. The molecule has 3 nitrogen and oxygen atoms in total. The van der Waals surface area contributed by atoms with Gasteiger partial charge in [0.15, 0.2) is 0 Å². The lowest BCUT2D eigenvalue weighted by atomic mass is 9.54. The molecule has 0 amide bonds. The van der Waals surface area contributed by atoms with E-state index < -0.39 is 12.3 Å². The molecule has 4 aliphatic rings. The molecule has 1 saturated heterocycles. The van der Waals surface area contributed by atoms with Gasteiger partial charge in [-0.1, -0.05) is 27.2 Å². The lowest BCUT2D eigenvalue weighted by Gasteiger charge is -2.51. The van der Waals surface area contributed by atoms with Crippen molar-refractivity contribution in [2.24, 2.45) is 34.5 Å². The van der Waals surface area contributed by atoms with E-state index in [2.05, 4.69) is 20.8 Å². The third-order valence-corrected chi connectivity index (χ3v) is 7.92. The molecule has 4 heteroatoms. The molecule has 24 heavy (non-hydrogen) atoms. The van der Waals surface area contributed by atoms with Crippen molar-refractivity contribution in [3.05, 3.63) is 23.7 Å². The van der Waals surface area contributed by atoms with Crippen molar-refractivity contribution in [3.8, 4) is 0 Å². The van der Waals surface area contributed by atoms with Gasteiger partial charge in [0, 0.05) is 17.9 Å². The molecule has 2 saturated carbocycles. The van der Waals surface area contributed by atoms with Crippen LogP contribution < -0.4 is 0 Å². The highest BCUT2D eigenvalue weighted by atomic mass is 19.1. The largest absolute Gasteiger partial charge is 0.469 e. The first-order valence-corrected chi connectivity index (χ1v) is 9.25. The summed E-state index contributed by atoms with van der Waals surface area (Å²) in [5.74, 6) is 0.619. The van der Waals surface area contributed by atoms with Crippen LogP contribution in [-0.2, 0) is 16.0 Å². The molecule has 3 fully saturated rings. The zero-order valence-electron chi connectivity index (χ0n) is 14.5. The Morgan fingerprint density at radius 1 is 1.21 bits per heavy atom. The van der Waals surface area contributed by atoms with Crippen molar-refractivity contribution in [1.82, 2.24) is 0 Å². The Kier molecular flexibility index (Phi) is 2.77. The number of carbonyl (C=O) groups is 1. The van der Waals surface area contributed by atoms with Gasteiger partial charge < -0.3 is 9.15 Å². The van der Waals surface area contributed by atoms with E-state index in [1.165, 1.54) is 6.42 Å². The Bertz CT molecular complexity index is 707. The lowest BCUT2D eigenvalue weighted by molar-refractivity contribution is -0.191. The number of fused-ring (bicyclic) bond motifs is 5. The van der Waals surface area contributed by atoms with Gasteiger partial charge >= 0.3 is 5.97 Å². The number of hydrogen-bond donors (Lipinski definition) is 0. The van der Waals surface area contributed by atoms with Crippen LogP contribution in [0.1, 0.15) is 57.3 Å². The van der Waals surface area contributed by atoms with E-state index in [0.29, 0.717) is 5.92 Å². The molecule has 130 valence electrons. The highest BCUT2D eigenvalue weighted by molar-refractivity contribution is 5.80. The van der Waals surface area contributed by atoms with Crippen molar-refractivity contribution >= 4 is 5.97 Å². The minimum atomic E-state index is -1.46. The summed E-state index contributed by atoms with van der Waals surface area (Å²) in [6.07, 6.45) is 4.46. The molecule has 0 bridgehead atoms. The van der Waals surface area contributed by atoms with Crippen LogP contribution in [0.4, 0.5) is 4.39 Å². The van der Waals surface area contributed by atoms with Gasteiger partial charge in [0.25, 0.3) is 0 Å². The molecule has 0 unspecified atom stereocenters. The number of ether oxygens (including phenoxy) is 1. The Hall–Kier alpha value is -1.32. The molecule has 1 aromatic heterocycles. The number of esters is 1. The van der Waals surface area contributed by atoms with Gasteiger partial charge in [-0.25, -0.2) is 4.39 Å². The Labute approximate surface area is 141 Å². The van der Waals surface area contributed by atoms with Crippen LogP contribution in [-0.4, -0.2) is 12.3 Å². The number of furan rings is 1. The number of alkyl halides is 1. The predicted octanol–water partition coefficient (Wildman–Crippen LogP) is 4.47. The maximum absolute atomic E-state index is 15.0. The summed E-state index contributed by atoms with van der Waals surface area (Å²) in [5.41, 5.74) is 1.07. The zero-order valence-corrected chi connectivity index (χ0v) is 14.5. The standard InChI is InChI=1S/C20H25FO3/c1-19(2)6-4-7-20(3)11-9-12-10(5-8-23-12)13-14(11)15(16(19)20)17(21)24-18(13)22/h5,8,11,13-17H,4,6-7,9H2,1-3H3/t11-,13+,14+,15-,16-,17-,20+/m0/s1. The van der Waals surface area contributed by atoms with Crippen molar-refractivity contribution in [1.29, 1.82) is 0 Å². The van der Waals surface area contributed by atoms with Crippen molar-refractivity contribution in [3.63, 3.8) is 0 Å². The van der Waals surface area contributed by atoms with E-state index in [0.717, 1.165) is 30.6 Å². The Balaban J connectivity index is 1.72. The lowest BCUT2D eigenvalue weighted by Crippen LogP contribution is -2.48. The van der Waals surface area contributed by atoms with Gasteiger partial charge in [-0.2, -0.15) is 0 Å². The van der Waals surface area contributed by atoms with E-state index in [9.17, 15) is 4.79 Å². The molecule has 0 aromatic carbocycles. The third kappa shape index (κ3) is 1.60. The number of cyclic esters (lactones) is 1. The van der Waals surface area contributed by atoms with Gasteiger partial charge in [0.2, 0.25) is 6.36 Å². The summed E-state index contributed by atoms with van der Waals surface area (Å²) in [6, 6.07) is 1.89. The van der Waals surface area contributed by atoms with E-state index in [4.69, 9.17) is 9.15 Å². The number of halogens is 1. The normalized spacial score (nSPS) is 48.2. The highest BCUT2D eigenvalue weighted by Gasteiger charge is 2.70. The van der Waals surface area contributed by atoms with Crippen LogP contribution >= 0.6 is 0 Å². The molecule has 5 rings (SSSR count). The summed E-state index contributed by atoms with van der Waals surface area (Å²) in [4.78, 5) is 12.6. The second-order valence-electron chi connectivity index (χ2n) is 9.36. The van der Waals surface area contributed by atoms with Gasteiger partial charge in [-0.15, -0.1) is 0 Å². The fourth-order valence-electron chi connectivity index (χ4n) is 7.33. The molecular weight excluding hydrogens is 307 g/mol. The van der Waals surface area contributed by atoms with Crippen LogP contribution in [0.15, 0.2) is 16.7 Å². The third-order valence-electron chi connectivity index (χ3n) is 7.92. The fraction of sp³-hybridized carbons (Fsp3) is 0.750. The number of carbonyl (C=O) groups excluding carboxylic acids is 1. The van der Waals surface area contributed by atoms with Gasteiger partial charge in [-0.3, -0.25) is 4.79 Å². The SMILES string of the molecule is CC1(C)CCC[C@]2(C)[C@H]3Cc4occc4[C@H]4C(=O)O[C@H](F)[C@@H]([C@@H]43)[C@@H]12. The van der Waals surface area contributed by atoms with E-state index in [1.807, 2.05) is 6.07 Å². The summed E-state index contributed by atoms with van der Waals surface area (Å²) < 4.78 is 26.0. The quantitative estimate of drug-likeness (QED) is 0.658. The number of hydrogen-bond acceptors (Lipinski definition) is 3. The second-order valence-corrected chi connectivity index (χ2v) is 9.36. The van der Waals surface area contributed by atoms with E-state index >= 15 is 4.39 Å². The maximum Gasteiger partial charge on any atom is 0.316 e. The monoisotopic (exact) mass is 332 g/mol. The van der Waals surface area contributed by atoms with Gasteiger partial charge in [-0.05, 0) is 47.5 Å². The first-order valence-electron chi connectivity index (χ1n) is 9.25. The molecule has 0 spiro atoms. The average molecular weight is 332 g/mol. The van der Waals surface area contributed by atoms with Crippen molar-refractivity contribution < 1.29 is 18.3 Å². The molecule has 0 N–H and O–H groups in total. The summed E-state index contributed by atoms with van der Waals surface area (Å²) in [6.45, 7) is 6.90. The van der Waals surface area contributed by atoms with Crippen LogP contribution in [0.5, 0.6) is 0 Å². The number of rotatable bonds is 0. The van der Waals surface area contributed by atoms with Crippen molar-refractivity contribution in [2.75, 3.05) is 0 Å². The molecular formula is C20H25FO3. The molecule has 7 atom stereocenters.